The molecular weight excluding hydrogens is 150 g/mol. The topological polar surface area (TPSA) is 32.3 Å². The van der Waals surface area contributed by atoms with E-state index in [4.69, 9.17) is 0 Å². The highest BCUT2D eigenvalue weighted by molar-refractivity contribution is 4.53. The Labute approximate surface area is 76.4 Å². The third kappa shape index (κ3) is 8.02. The van der Waals surface area contributed by atoms with Gasteiger partial charge >= 0.3 is 0 Å². The molecule has 0 heterocycles. The minimum Gasteiger partial charge on any atom is -0.393 e. The predicted molar refractivity (Wildman–Crippen MR) is 53.3 cm³/mol. The van der Waals surface area contributed by atoms with Gasteiger partial charge in [0.1, 0.15) is 0 Å². The van der Waals surface area contributed by atoms with Gasteiger partial charge in [0.05, 0.1) is 6.10 Å². The van der Waals surface area contributed by atoms with Crippen LogP contribution in [-0.4, -0.2) is 24.3 Å². The number of hydrogen-bond donors (Lipinski definition) is 2. The quantitative estimate of drug-likeness (QED) is 0.550. The molecular formula is C10H23NO. The van der Waals surface area contributed by atoms with Crippen molar-refractivity contribution >= 4 is 0 Å². The van der Waals surface area contributed by atoms with Crippen LogP contribution in [0.1, 0.15) is 46.0 Å². The maximum atomic E-state index is 9.24. The van der Waals surface area contributed by atoms with Gasteiger partial charge in [-0.15, -0.1) is 0 Å². The summed E-state index contributed by atoms with van der Waals surface area (Å²) in [5, 5.41) is 12.5. The summed E-state index contributed by atoms with van der Waals surface area (Å²) in [6, 6.07) is 0. The molecule has 0 aromatic heterocycles. The van der Waals surface area contributed by atoms with Gasteiger partial charge in [-0.3, -0.25) is 0 Å². The second-order valence-electron chi connectivity index (χ2n) is 3.26. The zero-order valence-electron chi connectivity index (χ0n) is 8.47. The monoisotopic (exact) mass is 173 g/mol. The van der Waals surface area contributed by atoms with Crippen LogP contribution in [-0.2, 0) is 0 Å². The molecule has 0 saturated carbocycles. The van der Waals surface area contributed by atoms with E-state index in [-0.39, 0.29) is 6.10 Å². The molecule has 2 N–H and O–H groups in total. The molecule has 12 heavy (non-hydrogen) atoms. The van der Waals surface area contributed by atoms with E-state index in [2.05, 4.69) is 12.2 Å². The fourth-order valence-corrected chi connectivity index (χ4v) is 1.19. The van der Waals surface area contributed by atoms with Crippen LogP contribution < -0.4 is 5.32 Å². The molecule has 0 aromatic carbocycles. The second-order valence-corrected chi connectivity index (χ2v) is 3.26. The Bertz CT molecular complexity index is 85.9. The van der Waals surface area contributed by atoms with Crippen molar-refractivity contribution in [3.63, 3.8) is 0 Å². The maximum Gasteiger partial charge on any atom is 0.0537 e. The first-order chi connectivity index (χ1) is 5.81. The largest absolute Gasteiger partial charge is 0.393 e. The van der Waals surface area contributed by atoms with Crippen LogP contribution in [0.15, 0.2) is 0 Å². The number of rotatable bonds is 8. The summed E-state index contributed by atoms with van der Waals surface area (Å²) < 4.78 is 0. The SMILES string of the molecule is CCNCCCCCC(O)CC. The highest BCUT2D eigenvalue weighted by Crippen LogP contribution is 2.05. The molecule has 2 heteroatoms. The maximum absolute atomic E-state index is 9.24. The van der Waals surface area contributed by atoms with E-state index in [1.54, 1.807) is 0 Å². The molecule has 0 aliphatic carbocycles. The molecule has 2 nitrogen and oxygen atoms in total. The van der Waals surface area contributed by atoms with Crippen LogP contribution in [0.4, 0.5) is 0 Å². The average molecular weight is 173 g/mol. The molecule has 0 aliphatic rings. The van der Waals surface area contributed by atoms with Crippen molar-refractivity contribution in [2.75, 3.05) is 13.1 Å². The van der Waals surface area contributed by atoms with Gasteiger partial charge in [0.15, 0.2) is 0 Å². The number of aliphatic hydroxyl groups is 1. The zero-order chi connectivity index (χ0) is 9.23. The Kier molecular flexibility index (Phi) is 8.95. The molecule has 0 spiro atoms. The molecule has 1 atom stereocenters. The van der Waals surface area contributed by atoms with Crippen LogP contribution >= 0.6 is 0 Å². The van der Waals surface area contributed by atoms with Crippen molar-refractivity contribution in [1.82, 2.24) is 5.32 Å². The lowest BCUT2D eigenvalue weighted by molar-refractivity contribution is 0.156. The lowest BCUT2D eigenvalue weighted by Crippen LogP contribution is -2.14. The summed E-state index contributed by atoms with van der Waals surface area (Å²) in [5.74, 6) is 0. The van der Waals surface area contributed by atoms with E-state index in [1.165, 1.54) is 19.3 Å². The molecule has 0 aliphatic heterocycles. The van der Waals surface area contributed by atoms with Gasteiger partial charge in [0, 0.05) is 0 Å². The fraction of sp³-hybridized carbons (Fsp3) is 1.00. The van der Waals surface area contributed by atoms with Crippen molar-refractivity contribution < 1.29 is 5.11 Å². The van der Waals surface area contributed by atoms with Crippen LogP contribution in [0.2, 0.25) is 0 Å². The minimum atomic E-state index is -0.0656. The average Bonchev–Trinajstić information content (AvgIpc) is 2.10. The minimum absolute atomic E-state index is 0.0656. The lowest BCUT2D eigenvalue weighted by Gasteiger charge is -2.06. The Morgan fingerprint density at radius 1 is 1.17 bits per heavy atom. The van der Waals surface area contributed by atoms with E-state index < -0.39 is 0 Å². The second kappa shape index (κ2) is 9.01. The van der Waals surface area contributed by atoms with E-state index in [0.717, 1.165) is 25.9 Å². The lowest BCUT2D eigenvalue weighted by atomic mass is 10.1. The van der Waals surface area contributed by atoms with Crippen molar-refractivity contribution in [1.29, 1.82) is 0 Å². The first-order valence-electron chi connectivity index (χ1n) is 5.20. The van der Waals surface area contributed by atoms with Gasteiger partial charge in [-0.05, 0) is 32.4 Å². The van der Waals surface area contributed by atoms with Gasteiger partial charge in [-0.1, -0.05) is 26.7 Å². The van der Waals surface area contributed by atoms with Crippen molar-refractivity contribution in [2.45, 2.75) is 52.1 Å². The van der Waals surface area contributed by atoms with Crippen LogP contribution in [0, 0.1) is 0 Å². The number of unbranched alkanes of at least 4 members (excludes halogenated alkanes) is 2. The van der Waals surface area contributed by atoms with E-state index in [9.17, 15) is 5.11 Å². The Balaban J connectivity index is 2.90. The summed E-state index contributed by atoms with van der Waals surface area (Å²) >= 11 is 0. The number of aliphatic hydroxyl groups excluding tert-OH is 1. The first kappa shape index (κ1) is 11.9. The number of nitrogens with one attached hydrogen (secondary N) is 1. The Morgan fingerprint density at radius 2 is 1.92 bits per heavy atom. The molecule has 0 fully saturated rings. The molecule has 1 unspecified atom stereocenters. The van der Waals surface area contributed by atoms with E-state index in [1.807, 2.05) is 6.92 Å². The third-order valence-corrected chi connectivity index (χ3v) is 2.11. The summed E-state index contributed by atoms with van der Waals surface area (Å²) in [6.07, 6.45) is 5.45. The van der Waals surface area contributed by atoms with Crippen LogP contribution in [0.5, 0.6) is 0 Å². The molecule has 0 bridgehead atoms. The standard InChI is InChI=1S/C10H23NO/c1-3-10(12)8-6-5-7-9-11-4-2/h10-12H,3-9H2,1-2H3. The molecule has 0 saturated heterocycles. The van der Waals surface area contributed by atoms with Gasteiger partial charge in [0.25, 0.3) is 0 Å². The van der Waals surface area contributed by atoms with Gasteiger partial charge in [-0.2, -0.15) is 0 Å². The smallest absolute Gasteiger partial charge is 0.0537 e. The molecule has 0 rings (SSSR count). The van der Waals surface area contributed by atoms with Gasteiger partial charge in [0.2, 0.25) is 0 Å². The Hall–Kier alpha value is -0.0800. The van der Waals surface area contributed by atoms with Crippen LogP contribution in [0.25, 0.3) is 0 Å². The molecule has 74 valence electrons. The van der Waals surface area contributed by atoms with E-state index in [0.29, 0.717) is 0 Å². The molecule has 0 aromatic rings. The van der Waals surface area contributed by atoms with Gasteiger partial charge in [-0.25, -0.2) is 0 Å². The first-order valence-corrected chi connectivity index (χ1v) is 5.20. The van der Waals surface area contributed by atoms with Crippen molar-refractivity contribution in [2.24, 2.45) is 0 Å². The van der Waals surface area contributed by atoms with Crippen molar-refractivity contribution in [3.8, 4) is 0 Å². The highest BCUT2D eigenvalue weighted by Gasteiger charge is 1.98. The summed E-state index contributed by atoms with van der Waals surface area (Å²) in [4.78, 5) is 0. The normalized spacial score (nSPS) is 13.2. The summed E-state index contributed by atoms with van der Waals surface area (Å²) in [7, 11) is 0. The molecule has 0 radical (unpaired) electrons. The zero-order valence-corrected chi connectivity index (χ0v) is 8.47. The van der Waals surface area contributed by atoms with Gasteiger partial charge < -0.3 is 10.4 Å². The highest BCUT2D eigenvalue weighted by atomic mass is 16.3. The van der Waals surface area contributed by atoms with E-state index >= 15 is 0 Å². The van der Waals surface area contributed by atoms with Crippen LogP contribution in [0.3, 0.4) is 0 Å². The Morgan fingerprint density at radius 3 is 2.50 bits per heavy atom. The third-order valence-electron chi connectivity index (χ3n) is 2.11. The number of hydrogen-bond acceptors (Lipinski definition) is 2. The fourth-order valence-electron chi connectivity index (χ4n) is 1.19. The van der Waals surface area contributed by atoms with Crippen molar-refractivity contribution in [3.05, 3.63) is 0 Å². The summed E-state index contributed by atoms with van der Waals surface area (Å²) in [5.41, 5.74) is 0. The summed E-state index contributed by atoms with van der Waals surface area (Å²) in [6.45, 7) is 6.35. The molecule has 0 amide bonds. The predicted octanol–water partition coefficient (Wildman–Crippen LogP) is 1.93.